The highest BCUT2D eigenvalue weighted by Crippen LogP contribution is 2.31. The maximum absolute atomic E-state index is 2.31. The molecule has 68 valence electrons. The molecule has 0 radical (unpaired) electrons. The molecule has 0 saturated carbocycles. The molecule has 0 unspecified atom stereocenters. The first-order valence-corrected chi connectivity index (χ1v) is 4.83. The largest absolute Gasteiger partial charge is 0.248 e. The van der Waals surface area contributed by atoms with Crippen LogP contribution in [0.4, 0.5) is 0 Å². The molecule has 0 heterocycles. The van der Waals surface area contributed by atoms with E-state index in [4.69, 9.17) is 0 Å². The second kappa shape index (κ2) is 3.36. The molecule has 0 aromatic carbocycles. The molecule has 0 N–H and O–H groups in total. The van der Waals surface area contributed by atoms with E-state index in [1.807, 2.05) is 11.9 Å². The van der Waals surface area contributed by atoms with Crippen LogP contribution in [0.3, 0.4) is 0 Å². The van der Waals surface area contributed by atoms with E-state index in [1.54, 1.807) is 0 Å². The summed E-state index contributed by atoms with van der Waals surface area (Å²) >= 11 is 1.90. The van der Waals surface area contributed by atoms with E-state index < -0.39 is 0 Å². The van der Waals surface area contributed by atoms with Gasteiger partial charge in [-0.25, -0.2) is 4.31 Å². The Morgan fingerprint density at radius 1 is 0.909 bits per heavy atom. The summed E-state index contributed by atoms with van der Waals surface area (Å²) in [4.78, 5) is 0. The molecule has 0 aromatic heterocycles. The average Bonchev–Trinajstić information content (AvgIpc) is 1.56. The maximum Gasteiger partial charge on any atom is 0.0226 e. The summed E-state index contributed by atoms with van der Waals surface area (Å²) in [6.45, 7) is 13.4. The van der Waals surface area contributed by atoms with Crippen LogP contribution in [0.25, 0.3) is 0 Å². The van der Waals surface area contributed by atoms with E-state index in [-0.39, 0.29) is 5.54 Å². The average molecular weight is 175 g/mol. The van der Waals surface area contributed by atoms with Crippen LogP contribution in [0.2, 0.25) is 0 Å². The molecule has 0 atom stereocenters. The maximum atomic E-state index is 2.31. The lowest BCUT2D eigenvalue weighted by Crippen LogP contribution is -2.35. The Labute approximate surface area is 75.7 Å². The first kappa shape index (κ1) is 11.3. The van der Waals surface area contributed by atoms with Crippen LogP contribution in [0.1, 0.15) is 41.5 Å². The summed E-state index contributed by atoms with van der Waals surface area (Å²) < 4.78 is 2.63. The zero-order chi connectivity index (χ0) is 9.28. The summed E-state index contributed by atoms with van der Waals surface area (Å²) in [5, 5.41) is 0. The van der Waals surface area contributed by atoms with Gasteiger partial charge in [0, 0.05) is 10.3 Å². The van der Waals surface area contributed by atoms with Crippen molar-refractivity contribution in [3.63, 3.8) is 0 Å². The Morgan fingerprint density at radius 2 is 1.27 bits per heavy atom. The van der Waals surface area contributed by atoms with E-state index in [0.29, 0.717) is 4.75 Å². The van der Waals surface area contributed by atoms with Gasteiger partial charge in [0.2, 0.25) is 0 Å². The molecule has 0 fully saturated rings. The van der Waals surface area contributed by atoms with Crippen LogP contribution >= 0.6 is 11.9 Å². The Balaban J connectivity index is 3.99. The fourth-order valence-electron chi connectivity index (χ4n) is 0.548. The van der Waals surface area contributed by atoms with E-state index in [9.17, 15) is 0 Å². The Kier molecular flexibility index (Phi) is 3.45. The van der Waals surface area contributed by atoms with Gasteiger partial charge < -0.3 is 0 Å². The third kappa shape index (κ3) is 5.57. The van der Waals surface area contributed by atoms with Crippen molar-refractivity contribution in [3.05, 3.63) is 0 Å². The summed E-state index contributed by atoms with van der Waals surface area (Å²) in [6, 6.07) is 0. The molecule has 0 aromatic rings. The summed E-state index contributed by atoms with van der Waals surface area (Å²) in [5.74, 6) is 0. The monoisotopic (exact) mass is 175 g/mol. The van der Waals surface area contributed by atoms with Crippen LogP contribution in [0.5, 0.6) is 0 Å². The van der Waals surface area contributed by atoms with Gasteiger partial charge in [0.1, 0.15) is 0 Å². The van der Waals surface area contributed by atoms with Gasteiger partial charge in [-0.2, -0.15) is 0 Å². The SMILES string of the molecule is CN(SC(C)(C)C)C(C)(C)C. The second-order valence-corrected chi connectivity index (χ2v) is 6.83. The molecule has 2 heteroatoms. The number of hydrogen-bond donors (Lipinski definition) is 0. The predicted molar refractivity (Wildman–Crippen MR) is 54.9 cm³/mol. The van der Waals surface area contributed by atoms with Crippen LogP contribution in [-0.2, 0) is 0 Å². The molecule has 0 bridgehead atoms. The molecule has 0 rings (SSSR count). The quantitative estimate of drug-likeness (QED) is 0.563. The fraction of sp³-hybridized carbons (Fsp3) is 1.00. The molecule has 0 aliphatic heterocycles. The predicted octanol–water partition coefficient (Wildman–Crippen LogP) is 3.16. The molecular formula is C9H21NS. The molecular weight excluding hydrogens is 154 g/mol. The molecule has 11 heavy (non-hydrogen) atoms. The molecule has 0 amide bonds. The van der Waals surface area contributed by atoms with Crippen LogP contribution < -0.4 is 0 Å². The lowest BCUT2D eigenvalue weighted by Gasteiger charge is -2.35. The van der Waals surface area contributed by atoms with Gasteiger partial charge in [-0.05, 0) is 48.6 Å². The third-order valence-corrected chi connectivity index (χ3v) is 2.72. The highest BCUT2D eigenvalue weighted by molar-refractivity contribution is 7.98. The molecule has 0 saturated heterocycles. The van der Waals surface area contributed by atoms with E-state index in [0.717, 1.165) is 0 Å². The normalized spacial score (nSPS) is 14.2. The third-order valence-electron chi connectivity index (χ3n) is 1.36. The Morgan fingerprint density at radius 3 is 1.36 bits per heavy atom. The minimum absolute atomic E-state index is 0.262. The Bertz CT molecular complexity index is 119. The van der Waals surface area contributed by atoms with Crippen molar-refractivity contribution in [2.75, 3.05) is 7.05 Å². The first-order chi connectivity index (χ1) is 4.63. The van der Waals surface area contributed by atoms with Gasteiger partial charge in [-0.15, -0.1) is 0 Å². The smallest absolute Gasteiger partial charge is 0.0226 e. The minimum Gasteiger partial charge on any atom is -0.248 e. The summed E-state index contributed by atoms with van der Waals surface area (Å²) in [7, 11) is 2.15. The van der Waals surface area contributed by atoms with Gasteiger partial charge in [-0.1, -0.05) is 11.9 Å². The van der Waals surface area contributed by atoms with Crippen molar-refractivity contribution in [1.29, 1.82) is 0 Å². The lowest BCUT2D eigenvalue weighted by molar-refractivity contribution is 0.316. The van der Waals surface area contributed by atoms with Crippen molar-refractivity contribution >= 4 is 11.9 Å². The van der Waals surface area contributed by atoms with Gasteiger partial charge >= 0.3 is 0 Å². The van der Waals surface area contributed by atoms with Crippen molar-refractivity contribution in [3.8, 4) is 0 Å². The van der Waals surface area contributed by atoms with E-state index >= 15 is 0 Å². The van der Waals surface area contributed by atoms with Gasteiger partial charge in [-0.3, -0.25) is 0 Å². The number of rotatable bonds is 1. The standard InChI is InChI=1S/C9H21NS/c1-8(2,3)10(7)11-9(4,5)6/h1-7H3. The topological polar surface area (TPSA) is 3.24 Å². The van der Waals surface area contributed by atoms with Crippen molar-refractivity contribution in [1.82, 2.24) is 4.31 Å². The second-order valence-electron chi connectivity index (χ2n) is 4.87. The van der Waals surface area contributed by atoms with Crippen LogP contribution in [0, 0.1) is 0 Å². The molecule has 1 nitrogen and oxygen atoms in total. The minimum atomic E-state index is 0.262. The van der Waals surface area contributed by atoms with Crippen molar-refractivity contribution in [2.45, 2.75) is 51.8 Å². The van der Waals surface area contributed by atoms with Crippen molar-refractivity contribution in [2.24, 2.45) is 0 Å². The van der Waals surface area contributed by atoms with Crippen LogP contribution in [-0.4, -0.2) is 21.6 Å². The molecule has 0 spiro atoms. The van der Waals surface area contributed by atoms with Crippen LogP contribution in [0.15, 0.2) is 0 Å². The lowest BCUT2D eigenvalue weighted by atomic mass is 10.1. The molecule has 0 aliphatic rings. The van der Waals surface area contributed by atoms with E-state index in [2.05, 4.69) is 52.9 Å². The highest BCUT2D eigenvalue weighted by atomic mass is 32.2. The Hall–Kier alpha value is 0.310. The van der Waals surface area contributed by atoms with Crippen molar-refractivity contribution < 1.29 is 0 Å². The zero-order valence-electron chi connectivity index (χ0n) is 8.86. The summed E-state index contributed by atoms with van der Waals surface area (Å²) in [6.07, 6.45) is 0. The first-order valence-electron chi connectivity index (χ1n) is 4.06. The van der Waals surface area contributed by atoms with E-state index in [1.165, 1.54) is 0 Å². The number of nitrogens with zero attached hydrogens (tertiary/aromatic N) is 1. The molecule has 0 aliphatic carbocycles. The highest BCUT2D eigenvalue weighted by Gasteiger charge is 2.23. The van der Waals surface area contributed by atoms with Gasteiger partial charge in [0.15, 0.2) is 0 Å². The fourth-order valence-corrected chi connectivity index (χ4v) is 1.64. The van der Waals surface area contributed by atoms with Gasteiger partial charge in [0.05, 0.1) is 0 Å². The number of hydrogen-bond acceptors (Lipinski definition) is 2. The summed E-state index contributed by atoms with van der Waals surface area (Å²) in [5.41, 5.74) is 0.262. The van der Waals surface area contributed by atoms with Gasteiger partial charge in [0.25, 0.3) is 0 Å². The zero-order valence-corrected chi connectivity index (χ0v) is 9.67.